The zero-order chi connectivity index (χ0) is 13.2. The molecule has 2 heterocycles. The second-order valence-corrected chi connectivity index (χ2v) is 4.04. The maximum Gasteiger partial charge on any atom is 0.328 e. The molecule has 0 atom stereocenters. The summed E-state index contributed by atoms with van der Waals surface area (Å²) < 4.78 is 10.8. The minimum absolute atomic E-state index is 0.161. The van der Waals surface area contributed by atoms with E-state index < -0.39 is 5.97 Å². The smallest absolute Gasteiger partial charge is 0.328 e. The van der Waals surface area contributed by atoms with Gasteiger partial charge in [0.1, 0.15) is 5.75 Å². The zero-order valence-electron chi connectivity index (χ0n) is 9.87. The monoisotopic (exact) mass is 258 g/mol. The average Bonchev–Trinajstić information content (AvgIpc) is 3.04. The van der Waals surface area contributed by atoms with Crippen molar-refractivity contribution in [3.05, 3.63) is 35.7 Å². The van der Waals surface area contributed by atoms with Crippen LogP contribution in [0, 0.1) is 0 Å². The quantitative estimate of drug-likeness (QED) is 0.844. The van der Waals surface area contributed by atoms with Gasteiger partial charge in [-0.15, -0.1) is 10.2 Å². The largest absolute Gasteiger partial charge is 0.493 e. The molecule has 0 fully saturated rings. The zero-order valence-corrected chi connectivity index (χ0v) is 9.87. The van der Waals surface area contributed by atoms with Gasteiger partial charge in [0.05, 0.1) is 6.61 Å². The highest BCUT2D eigenvalue weighted by Crippen LogP contribution is 2.29. The predicted octanol–water partition coefficient (Wildman–Crippen LogP) is 1.77. The summed E-state index contributed by atoms with van der Waals surface area (Å²) in [6.45, 7) is 0.690. The third kappa shape index (κ3) is 2.33. The van der Waals surface area contributed by atoms with Crippen LogP contribution in [0.3, 0.4) is 0 Å². The number of carbonyl (C=O) groups is 1. The summed E-state index contributed by atoms with van der Waals surface area (Å²) in [4.78, 5) is 10.4. The Morgan fingerprint density at radius 3 is 3.11 bits per heavy atom. The van der Waals surface area contributed by atoms with Gasteiger partial charge < -0.3 is 14.3 Å². The molecule has 1 aliphatic rings. The lowest BCUT2D eigenvalue weighted by Gasteiger charge is -1.99. The predicted molar refractivity (Wildman–Crippen MR) is 65.6 cm³/mol. The summed E-state index contributed by atoms with van der Waals surface area (Å²) >= 11 is 0. The van der Waals surface area contributed by atoms with Crippen molar-refractivity contribution in [1.82, 2.24) is 10.2 Å². The number of ether oxygens (including phenoxy) is 1. The van der Waals surface area contributed by atoms with Gasteiger partial charge in [0, 0.05) is 24.1 Å². The summed E-state index contributed by atoms with van der Waals surface area (Å²) in [6, 6.07) is 5.65. The van der Waals surface area contributed by atoms with Crippen molar-refractivity contribution in [2.45, 2.75) is 6.42 Å². The lowest BCUT2D eigenvalue weighted by atomic mass is 10.1. The van der Waals surface area contributed by atoms with Crippen molar-refractivity contribution < 1.29 is 19.1 Å². The first kappa shape index (κ1) is 11.5. The second-order valence-electron chi connectivity index (χ2n) is 4.04. The third-order valence-electron chi connectivity index (χ3n) is 2.75. The van der Waals surface area contributed by atoms with Crippen LogP contribution in [0.4, 0.5) is 0 Å². The highest BCUT2D eigenvalue weighted by Gasteiger charge is 2.15. The van der Waals surface area contributed by atoms with Crippen LogP contribution in [0.5, 0.6) is 5.75 Å². The van der Waals surface area contributed by atoms with Gasteiger partial charge in [-0.05, 0) is 23.8 Å². The fraction of sp³-hybridized carbons (Fsp3) is 0.154. The summed E-state index contributed by atoms with van der Waals surface area (Å²) in [6.07, 6.45) is 3.08. The van der Waals surface area contributed by atoms with Crippen molar-refractivity contribution in [2.24, 2.45) is 0 Å². The van der Waals surface area contributed by atoms with Gasteiger partial charge in [-0.3, -0.25) is 0 Å². The van der Waals surface area contributed by atoms with Gasteiger partial charge in [-0.1, -0.05) is 0 Å². The highest BCUT2D eigenvalue weighted by molar-refractivity contribution is 5.84. The number of nitrogens with zero attached hydrogens (tertiary/aromatic N) is 2. The number of rotatable bonds is 3. The molecule has 0 unspecified atom stereocenters. The van der Waals surface area contributed by atoms with Gasteiger partial charge in [0.25, 0.3) is 0 Å². The number of aliphatic carboxylic acids is 1. The summed E-state index contributed by atoms with van der Waals surface area (Å²) in [5, 5.41) is 16.2. The van der Waals surface area contributed by atoms with E-state index in [0.29, 0.717) is 12.5 Å². The third-order valence-corrected chi connectivity index (χ3v) is 2.75. The number of carboxylic acids is 1. The SMILES string of the molecule is O=C(O)/C=C/c1nnc(-c2ccc3c(c2)CCO3)o1. The molecular weight excluding hydrogens is 248 g/mol. The lowest BCUT2D eigenvalue weighted by molar-refractivity contribution is -0.131. The molecule has 6 heteroatoms. The Morgan fingerprint density at radius 1 is 1.37 bits per heavy atom. The normalized spacial score (nSPS) is 13.5. The van der Waals surface area contributed by atoms with Crippen molar-refractivity contribution in [3.8, 4) is 17.2 Å². The lowest BCUT2D eigenvalue weighted by Crippen LogP contribution is -1.85. The highest BCUT2D eigenvalue weighted by atomic mass is 16.5. The fourth-order valence-corrected chi connectivity index (χ4v) is 1.88. The molecule has 6 nitrogen and oxygen atoms in total. The Kier molecular flexibility index (Phi) is 2.75. The molecule has 1 aromatic carbocycles. The number of benzene rings is 1. The van der Waals surface area contributed by atoms with Crippen molar-refractivity contribution in [1.29, 1.82) is 0 Å². The molecule has 96 valence electrons. The molecule has 1 aromatic heterocycles. The molecule has 0 saturated carbocycles. The van der Waals surface area contributed by atoms with Gasteiger partial charge in [0.2, 0.25) is 11.8 Å². The minimum atomic E-state index is -1.06. The van der Waals surface area contributed by atoms with E-state index in [1.165, 1.54) is 6.08 Å². The molecule has 1 aliphatic heterocycles. The van der Waals surface area contributed by atoms with Crippen LogP contribution >= 0.6 is 0 Å². The van der Waals surface area contributed by atoms with E-state index in [4.69, 9.17) is 14.3 Å². The van der Waals surface area contributed by atoms with E-state index >= 15 is 0 Å². The van der Waals surface area contributed by atoms with Crippen molar-refractivity contribution in [3.63, 3.8) is 0 Å². The Bertz CT molecular complexity index is 660. The molecule has 3 rings (SSSR count). The number of aromatic nitrogens is 2. The molecule has 0 radical (unpaired) electrons. The molecule has 0 spiro atoms. The fourth-order valence-electron chi connectivity index (χ4n) is 1.88. The molecule has 1 N–H and O–H groups in total. The van der Waals surface area contributed by atoms with Gasteiger partial charge >= 0.3 is 5.97 Å². The Hall–Kier alpha value is -2.63. The van der Waals surface area contributed by atoms with E-state index in [0.717, 1.165) is 29.4 Å². The Labute approximate surface area is 108 Å². The maximum atomic E-state index is 10.4. The number of carboxylic acid groups (broad SMARTS) is 1. The molecule has 19 heavy (non-hydrogen) atoms. The van der Waals surface area contributed by atoms with Crippen molar-refractivity contribution >= 4 is 12.0 Å². The summed E-state index contributed by atoms with van der Waals surface area (Å²) in [7, 11) is 0. The van der Waals surface area contributed by atoms with E-state index in [1.807, 2.05) is 18.2 Å². The standard InChI is InChI=1S/C13H10N2O4/c16-12(17)4-3-11-14-15-13(19-11)9-1-2-10-8(7-9)5-6-18-10/h1-4,7H,5-6H2,(H,16,17)/b4-3+. The maximum absolute atomic E-state index is 10.4. The van der Waals surface area contributed by atoms with Gasteiger partial charge in [-0.25, -0.2) is 4.79 Å². The summed E-state index contributed by atoms with van der Waals surface area (Å²) in [5.41, 5.74) is 1.91. The molecule has 0 aliphatic carbocycles. The van der Waals surface area contributed by atoms with E-state index in [2.05, 4.69) is 10.2 Å². The van der Waals surface area contributed by atoms with Crippen LogP contribution in [0.2, 0.25) is 0 Å². The number of hydrogen-bond donors (Lipinski definition) is 1. The van der Waals surface area contributed by atoms with Crippen LogP contribution in [-0.4, -0.2) is 27.9 Å². The van der Waals surface area contributed by atoms with Crippen LogP contribution < -0.4 is 4.74 Å². The Balaban J connectivity index is 1.88. The average molecular weight is 258 g/mol. The van der Waals surface area contributed by atoms with Crippen LogP contribution in [-0.2, 0) is 11.2 Å². The number of fused-ring (bicyclic) bond motifs is 1. The summed E-state index contributed by atoms with van der Waals surface area (Å²) in [5.74, 6) is 0.345. The Morgan fingerprint density at radius 2 is 2.26 bits per heavy atom. The first-order valence-corrected chi connectivity index (χ1v) is 5.73. The topological polar surface area (TPSA) is 85.5 Å². The van der Waals surface area contributed by atoms with E-state index in [-0.39, 0.29) is 5.89 Å². The van der Waals surface area contributed by atoms with E-state index in [1.54, 1.807) is 0 Å². The first-order valence-electron chi connectivity index (χ1n) is 5.73. The van der Waals surface area contributed by atoms with Crippen LogP contribution in [0.25, 0.3) is 17.5 Å². The molecular formula is C13H10N2O4. The van der Waals surface area contributed by atoms with E-state index in [9.17, 15) is 4.79 Å². The van der Waals surface area contributed by atoms with Crippen LogP contribution in [0.1, 0.15) is 11.5 Å². The van der Waals surface area contributed by atoms with Crippen LogP contribution in [0.15, 0.2) is 28.7 Å². The van der Waals surface area contributed by atoms with Gasteiger partial charge in [0.15, 0.2) is 0 Å². The second kappa shape index (κ2) is 4.56. The molecule has 0 bridgehead atoms. The molecule has 0 saturated heterocycles. The first-order chi connectivity index (χ1) is 9.22. The minimum Gasteiger partial charge on any atom is -0.493 e. The van der Waals surface area contributed by atoms with Crippen molar-refractivity contribution in [2.75, 3.05) is 6.61 Å². The number of hydrogen-bond acceptors (Lipinski definition) is 5. The molecule has 0 amide bonds. The molecule has 2 aromatic rings. The van der Waals surface area contributed by atoms with Gasteiger partial charge in [-0.2, -0.15) is 0 Å².